The van der Waals surface area contributed by atoms with Crippen molar-refractivity contribution in [2.24, 2.45) is 7.05 Å². The van der Waals surface area contributed by atoms with Crippen LogP contribution in [0.2, 0.25) is 0 Å². The number of aromatic nitrogens is 2. The van der Waals surface area contributed by atoms with Gasteiger partial charge in [0.25, 0.3) is 0 Å². The fraction of sp³-hybridized carbons (Fsp3) is 0.500. The van der Waals surface area contributed by atoms with Crippen LogP contribution in [0.4, 0.5) is 4.39 Å². The number of rotatable bonds is 6. The van der Waals surface area contributed by atoms with E-state index in [0.29, 0.717) is 17.9 Å². The number of nitrogens with one attached hydrogen (secondary N) is 1. The second kappa shape index (κ2) is 6.32. The van der Waals surface area contributed by atoms with Crippen LogP contribution in [0, 0.1) is 5.82 Å². The van der Waals surface area contributed by atoms with E-state index in [4.69, 9.17) is 4.74 Å². The van der Waals surface area contributed by atoms with Crippen molar-refractivity contribution in [3.63, 3.8) is 0 Å². The lowest BCUT2D eigenvalue weighted by molar-refractivity contribution is 0.368. The molecular weight excluding hydrogens is 293 g/mol. The molecule has 0 amide bonds. The maximum atomic E-state index is 13.0. The summed E-state index contributed by atoms with van der Waals surface area (Å²) in [5.74, 6) is 1.47. The molecule has 1 fully saturated rings. The van der Waals surface area contributed by atoms with Crippen LogP contribution in [0.3, 0.4) is 0 Å². The van der Waals surface area contributed by atoms with Crippen molar-refractivity contribution < 1.29 is 9.13 Å². The summed E-state index contributed by atoms with van der Waals surface area (Å²) >= 11 is 0. The average molecular weight is 317 g/mol. The molecule has 0 bridgehead atoms. The van der Waals surface area contributed by atoms with Gasteiger partial charge in [-0.15, -0.1) is 0 Å². The largest absolute Gasteiger partial charge is 0.481 e. The standard InChI is InChI=1S/C18H24FN3O/c1-11(2)17-15(18(23-4)22(3)21-17)10-20-16-9-14(16)12-5-7-13(19)8-6-12/h5-8,11,14,16,20H,9-10H2,1-4H3/t14-,16-/m1/s1. The molecule has 2 aromatic rings. The summed E-state index contributed by atoms with van der Waals surface area (Å²) in [6.45, 7) is 5.03. The van der Waals surface area contributed by atoms with Crippen molar-refractivity contribution in [3.05, 3.63) is 46.9 Å². The van der Waals surface area contributed by atoms with Crippen LogP contribution in [0.15, 0.2) is 24.3 Å². The third kappa shape index (κ3) is 3.24. The van der Waals surface area contributed by atoms with Crippen molar-refractivity contribution in [1.82, 2.24) is 15.1 Å². The molecule has 1 aliphatic carbocycles. The van der Waals surface area contributed by atoms with Gasteiger partial charge in [0.15, 0.2) is 0 Å². The van der Waals surface area contributed by atoms with E-state index in [9.17, 15) is 4.39 Å². The zero-order valence-corrected chi connectivity index (χ0v) is 14.1. The summed E-state index contributed by atoms with van der Waals surface area (Å²) in [4.78, 5) is 0. The monoisotopic (exact) mass is 317 g/mol. The number of nitrogens with zero attached hydrogens (tertiary/aromatic N) is 2. The summed E-state index contributed by atoms with van der Waals surface area (Å²) in [5, 5.41) is 8.17. The molecule has 3 rings (SSSR count). The van der Waals surface area contributed by atoms with E-state index in [2.05, 4.69) is 24.3 Å². The van der Waals surface area contributed by atoms with Gasteiger partial charge in [-0.1, -0.05) is 26.0 Å². The first kappa shape index (κ1) is 16.0. The first-order valence-electron chi connectivity index (χ1n) is 8.09. The highest BCUT2D eigenvalue weighted by atomic mass is 19.1. The predicted molar refractivity (Wildman–Crippen MR) is 88.2 cm³/mol. The number of benzene rings is 1. The Kier molecular flexibility index (Phi) is 4.39. The van der Waals surface area contributed by atoms with Gasteiger partial charge in [0, 0.05) is 25.6 Å². The number of hydrogen-bond donors (Lipinski definition) is 1. The predicted octanol–water partition coefficient (Wildman–Crippen LogP) is 3.34. The van der Waals surface area contributed by atoms with Crippen molar-refractivity contribution in [1.29, 1.82) is 0 Å². The minimum absolute atomic E-state index is 0.180. The van der Waals surface area contributed by atoms with E-state index >= 15 is 0 Å². The summed E-state index contributed by atoms with van der Waals surface area (Å²) in [7, 11) is 3.59. The van der Waals surface area contributed by atoms with E-state index in [1.165, 1.54) is 17.7 Å². The third-order valence-electron chi connectivity index (χ3n) is 4.49. The smallest absolute Gasteiger partial charge is 0.216 e. The van der Waals surface area contributed by atoms with Crippen LogP contribution in [-0.4, -0.2) is 22.9 Å². The molecule has 1 aromatic carbocycles. The fourth-order valence-electron chi connectivity index (χ4n) is 3.19. The molecule has 0 saturated heterocycles. The highest BCUT2D eigenvalue weighted by molar-refractivity contribution is 5.34. The van der Waals surface area contributed by atoms with Crippen molar-refractivity contribution in [2.75, 3.05) is 7.11 Å². The zero-order chi connectivity index (χ0) is 16.6. The molecule has 1 aliphatic rings. The molecule has 2 atom stereocenters. The number of hydrogen-bond acceptors (Lipinski definition) is 3. The quantitative estimate of drug-likeness (QED) is 0.888. The molecule has 1 heterocycles. The molecule has 0 aliphatic heterocycles. The highest BCUT2D eigenvalue weighted by Crippen LogP contribution is 2.41. The first-order chi connectivity index (χ1) is 11.0. The SMILES string of the molecule is COc1c(CN[C@@H]2C[C@@H]2c2ccc(F)cc2)c(C(C)C)nn1C. The van der Waals surface area contributed by atoms with Gasteiger partial charge in [0.1, 0.15) is 5.82 Å². The van der Waals surface area contributed by atoms with Crippen LogP contribution in [0.1, 0.15) is 48.9 Å². The minimum atomic E-state index is -0.180. The van der Waals surface area contributed by atoms with Crippen molar-refractivity contribution in [2.45, 2.75) is 44.7 Å². The minimum Gasteiger partial charge on any atom is -0.481 e. The van der Waals surface area contributed by atoms with Gasteiger partial charge in [-0.05, 0) is 30.0 Å². The maximum Gasteiger partial charge on any atom is 0.216 e. The van der Waals surface area contributed by atoms with Crippen molar-refractivity contribution >= 4 is 0 Å². The molecule has 1 saturated carbocycles. The molecule has 1 N–H and O–H groups in total. The Hall–Kier alpha value is -1.88. The van der Waals surface area contributed by atoms with E-state index in [1.54, 1.807) is 11.8 Å². The second-order valence-corrected chi connectivity index (χ2v) is 6.53. The molecule has 124 valence electrons. The molecule has 4 nitrogen and oxygen atoms in total. The first-order valence-corrected chi connectivity index (χ1v) is 8.09. The van der Waals surface area contributed by atoms with Crippen LogP contribution < -0.4 is 10.1 Å². The van der Waals surface area contributed by atoms with Crippen LogP contribution >= 0.6 is 0 Å². The molecule has 0 spiro atoms. The Balaban J connectivity index is 1.67. The van der Waals surface area contributed by atoms with E-state index in [0.717, 1.165) is 30.1 Å². The maximum absolute atomic E-state index is 13.0. The van der Waals surface area contributed by atoms with Gasteiger partial charge in [-0.25, -0.2) is 9.07 Å². The fourth-order valence-corrected chi connectivity index (χ4v) is 3.19. The average Bonchev–Trinajstić information content (AvgIpc) is 3.22. The zero-order valence-electron chi connectivity index (χ0n) is 14.1. The Labute approximate surface area is 136 Å². The van der Waals surface area contributed by atoms with Crippen molar-refractivity contribution in [3.8, 4) is 5.88 Å². The Morgan fingerprint density at radius 1 is 1.35 bits per heavy atom. The molecule has 0 radical (unpaired) electrons. The second-order valence-electron chi connectivity index (χ2n) is 6.53. The Morgan fingerprint density at radius 2 is 2.04 bits per heavy atom. The van der Waals surface area contributed by atoms with Crippen LogP contribution in [0.5, 0.6) is 5.88 Å². The van der Waals surface area contributed by atoms with E-state index < -0.39 is 0 Å². The number of aryl methyl sites for hydroxylation is 1. The lowest BCUT2D eigenvalue weighted by Crippen LogP contribution is -2.18. The molecule has 0 unspecified atom stereocenters. The molecular formula is C18H24FN3O. The summed E-state index contributed by atoms with van der Waals surface area (Å²) in [6.07, 6.45) is 1.09. The lowest BCUT2D eigenvalue weighted by atomic mass is 10.1. The third-order valence-corrected chi connectivity index (χ3v) is 4.49. The van der Waals surface area contributed by atoms with Gasteiger partial charge in [-0.3, -0.25) is 0 Å². The van der Waals surface area contributed by atoms with Gasteiger partial charge >= 0.3 is 0 Å². The summed E-state index contributed by atoms with van der Waals surface area (Å²) in [6, 6.07) is 7.26. The van der Waals surface area contributed by atoms with Crippen LogP contribution in [0.25, 0.3) is 0 Å². The topological polar surface area (TPSA) is 39.1 Å². The Morgan fingerprint density at radius 3 is 2.65 bits per heavy atom. The van der Waals surface area contributed by atoms with Gasteiger partial charge in [-0.2, -0.15) is 5.10 Å². The van der Waals surface area contributed by atoms with Gasteiger partial charge < -0.3 is 10.1 Å². The number of ether oxygens (including phenoxy) is 1. The molecule has 5 heteroatoms. The number of methoxy groups -OCH3 is 1. The Bertz CT molecular complexity index is 678. The molecule has 23 heavy (non-hydrogen) atoms. The van der Waals surface area contributed by atoms with Gasteiger partial charge in [0.2, 0.25) is 5.88 Å². The van der Waals surface area contributed by atoms with E-state index in [-0.39, 0.29) is 5.82 Å². The van der Waals surface area contributed by atoms with Crippen LogP contribution in [-0.2, 0) is 13.6 Å². The van der Waals surface area contributed by atoms with Gasteiger partial charge in [0.05, 0.1) is 18.4 Å². The normalized spacial score (nSPS) is 20.1. The highest BCUT2D eigenvalue weighted by Gasteiger charge is 2.38. The summed E-state index contributed by atoms with van der Waals surface area (Å²) < 4.78 is 20.3. The summed E-state index contributed by atoms with van der Waals surface area (Å²) in [5.41, 5.74) is 3.41. The lowest BCUT2D eigenvalue weighted by Gasteiger charge is -2.09. The number of halogens is 1. The van der Waals surface area contributed by atoms with E-state index in [1.807, 2.05) is 19.2 Å². The molecule has 1 aromatic heterocycles.